The lowest BCUT2D eigenvalue weighted by atomic mass is 10.4. The summed E-state index contributed by atoms with van der Waals surface area (Å²) < 4.78 is 5.58. The van der Waals surface area contributed by atoms with Crippen molar-refractivity contribution in [3.8, 4) is 5.88 Å². The van der Waals surface area contributed by atoms with E-state index in [2.05, 4.69) is 25.3 Å². The SMILES string of the molecule is Cc1cnc(CNc2nc(C)cc(OC(C)C)n2)cn1. The molecule has 2 aromatic heterocycles. The molecule has 0 unspecified atom stereocenters. The van der Waals surface area contributed by atoms with Gasteiger partial charge in [-0.05, 0) is 27.7 Å². The molecule has 0 spiro atoms. The molecule has 0 saturated carbocycles. The molecule has 0 aromatic carbocycles. The van der Waals surface area contributed by atoms with Gasteiger partial charge in [0.25, 0.3) is 0 Å². The predicted molar refractivity (Wildman–Crippen MR) is 76.6 cm³/mol. The van der Waals surface area contributed by atoms with Crippen molar-refractivity contribution in [1.29, 1.82) is 0 Å². The second-order valence-corrected chi connectivity index (χ2v) is 4.84. The minimum atomic E-state index is 0.0834. The first-order valence-corrected chi connectivity index (χ1v) is 6.56. The van der Waals surface area contributed by atoms with Crippen molar-refractivity contribution in [2.45, 2.75) is 40.3 Å². The number of nitrogens with zero attached hydrogens (tertiary/aromatic N) is 4. The molecule has 2 aromatic rings. The average molecular weight is 273 g/mol. The van der Waals surface area contributed by atoms with E-state index in [0.717, 1.165) is 17.1 Å². The Balaban J connectivity index is 2.05. The largest absolute Gasteiger partial charge is 0.475 e. The highest BCUT2D eigenvalue weighted by Crippen LogP contribution is 2.13. The lowest BCUT2D eigenvalue weighted by Crippen LogP contribution is -2.10. The molecular formula is C14H19N5O. The van der Waals surface area contributed by atoms with E-state index in [0.29, 0.717) is 18.4 Å². The van der Waals surface area contributed by atoms with E-state index in [4.69, 9.17) is 4.74 Å². The highest BCUT2D eigenvalue weighted by atomic mass is 16.5. The molecule has 0 fully saturated rings. The maximum atomic E-state index is 5.58. The van der Waals surface area contributed by atoms with Crippen molar-refractivity contribution >= 4 is 5.95 Å². The smallest absolute Gasteiger partial charge is 0.226 e. The Labute approximate surface area is 118 Å². The van der Waals surface area contributed by atoms with Gasteiger partial charge in [0, 0.05) is 18.0 Å². The van der Waals surface area contributed by atoms with Crippen LogP contribution in [0.1, 0.15) is 30.9 Å². The normalized spacial score (nSPS) is 10.7. The molecule has 0 radical (unpaired) electrons. The van der Waals surface area contributed by atoms with Crippen molar-refractivity contribution in [2.24, 2.45) is 0 Å². The topological polar surface area (TPSA) is 72.8 Å². The Morgan fingerprint density at radius 2 is 1.90 bits per heavy atom. The summed E-state index contributed by atoms with van der Waals surface area (Å²) in [7, 11) is 0. The Morgan fingerprint density at radius 1 is 1.10 bits per heavy atom. The molecule has 6 heteroatoms. The number of hydrogen-bond donors (Lipinski definition) is 1. The zero-order chi connectivity index (χ0) is 14.5. The lowest BCUT2D eigenvalue weighted by Gasteiger charge is -2.11. The maximum absolute atomic E-state index is 5.58. The van der Waals surface area contributed by atoms with E-state index in [1.807, 2.05) is 33.8 Å². The summed E-state index contributed by atoms with van der Waals surface area (Å²) in [5, 5.41) is 3.13. The number of aromatic nitrogens is 4. The number of nitrogens with one attached hydrogen (secondary N) is 1. The number of aryl methyl sites for hydroxylation is 2. The van der Waals surface area contributed by atoms with Crippen molar-refractivity contribution < 1.29 is 4.74 Å². The molecule has 0 aliphatic carbocycles. The van der Waals surface area contributed by atoms with Gasteiger partial charge < -0.3 is 10.1 Å². The fourth-order valence-corrected chi connectivity index (χ4v) is 1.60. The predicted octanol–water partition coefficient (Wildman–Crippen LogP) is 2.28. The molecule has 2 rings (SSSR count). The monoisotopic (exact) mass is 273 g/mol. The Kier molecular flexibility index (Phi) is 4.45. The third-order valence-electron chi connectivity index (χ3n) is 2.45. The Morgan fingerprint density at radius 3 is 2.55 bits per heavy atom. The van der Waals surface area contributed by atoms with Gasteiger partial charge in [0.15, 0.2) is 0 Å². The molecule has 6 nitrogen and oxygen atoms in total. The fraction of sp³-hybridized carbons (Fsp3) is 0.429. The first-order valence-electron chi connectivity index (χ1n) is 6.56. The van der Waals surface area contributed by atoms with Crippen LogP contribution in [-0.4, -0.2) is 26.0 Å². The highest BCUT2D eigenvalue weighted by Gasteiger charge is 2.05. The van der Waals surface area contributed by atoms with Crippen LogP contribution in [-0.2, 0) is 6.54 Å². The van der Waals surface area contributed by atoms with E-state index in [1.54, 1.807) is 12.4 Å². The van der Waals surface area contributed by atoms with Crippen LogP contribution in [0.3, 0.4) is 0 Å². The molecule has 20 heavy (non-hydrogen) atoms. The van der Waals surface area contributed by atoms with E-state index < -0.39 is 0 Å². The summed E-state index contributed by atoms with van der Waals surface area (Å²) in [4.78, 5) is 17.1. The zero-order valence-corrected chi connectivity index (χ0v) is 12.2. The van der Waals surface area contributed by atoms with Crippen LogP contribution in [0.5, 0.6) is 5.88 Å². The summed E-state index contributed by atoms with van der Waals surface area (Å²) in [6.07, 6.45) is 3.56. The molecule has 0 atom stereocenters. The van der Waals surface area contributed by atoms with Gasteiger partial charge in [-0.2, -0.15) is 4.98 Å². The van der Waals surface area contributed by atoms with Gasteiger partial charge in [-0.15, -0.1) is 0 Å². The van der Waals surface area contributed by atoms with E-state index in [9.17, 15) is 0 Å². The number of rotatable bonds is 5. The third kappa shape index (κ3) is 4.15. The van der Waals surface area contributed by atoms with Crippen LogP contribution in [0.4, 0.5) is 5.95 Å². The van der Waals surface area contributed by atoms with Gasteiger partial charge in [0.05, 0.1) is 30.2 Å². The first-order chi connectivity index (χ1) is 9.52. The van der Waals surface area contributed by atoms with Crippen LogP contribution in [0.15, 0.2) is 18.5 Å². The van der Waals surface area contributed by atoms with Crippen molar-refractivity contribution in [3.63, 3.8) is 0 Å². The van der Waals surface area contributed by atoms with E-state index in [1.165, 1.54) is 0 Å². The maximum Gasteiger partial charge on any atom is 0.226 e. The highest BCUT2D eigenvalue weighted by molar-refractivity contribution is 5.31. The molecule has 1 N–H and O–H groups in total. The van der Waals surface area contributed by atoms with Crippen LogP contribution < -0.4 is 10.1 Å². The van der Waals surface area contributed by atoms with Crippen LogP contribution in [0, 0.1) is 13.8 Å². The number of ether oxygens (including phenoxy) is 1. The fourth-order valence-electron chi connectivity index (χ4n) is 1.60. The van der Waals surface area contributed by atoms with E-state index in [-0.39, 0.29) is 6.10 Å². The van der Waals surface area contributed by atoms with Crippen LogP contribution >= 0.6 is 0 Å². The third-order valence-corrected chi connectivity index (χ3v) is 2.45. The molecule has 106 valence electrons. The first kappa shape index (κ1) is 14.2. The summed E-state index contributed by atoms with van der Waals surface area (Å²) in [6.45, 7) is 8.27. The zero-order valence-electron chi connectivity index (χ0n) is 12.2. The summed E-state index contributed by atoms with van der Waals surface area (Å²) in [6, 6.07) is 1.82. The van der Waals surface area contributed by atoms with Gasteiger partial charge >= 0.3 is 0 Å². The van der Waals surface area contributed by atoms with Gasteiger partial charge in [-0.25, -0.2) is 4.98 Å². The molecular weight excluding hydrogens is 254 g/mol. The average Bonchev–Trinajstić information content (AvgIpc) is 2.36. The molecule has 0 saturated heterocycles. The van der Waals surface area contributed by atoms with Crippen LogP contribution in [0.2, 0.25) is 0 Å². The van der Waals surface area contributed by atoms with Gasteiger partial charge in [0.2, 0.25) is 11.8 Å². The minimum Gasteiger partial charge on any atom is -0.475 e. The minimum absolute atomic E-state index is 0.0834. The Bertz CT molecular complexity index is 568. The standard InChI is InChI=1S/C14H19N5O/c1-9(2)20-13-5-10(3)18-14(19-13)17-8-12-7-15-11(4)6-16-12/h5-7,9H,8H2,1-4H3,(H,17,18,19). The molecule has 0 aliphatic rings. The molecule has 0 aliphatic heterocycles. The van der Waals surface area contributed by atoms with E-state index >= 15 is 0 Å². The summed E-state index contributed by atoms with van der Waals surface area (Å²) in [5.41, 5.74) is 2.59. The summed E-state index contributed by atoms with van der Waals surface area (Å²) >= 11 is 0. The van der Waals surface area contributed by atoms with Crippen molar-refractivity contribution in [1.82, 2.24) is 19.9 Å². The van der Waals surface area contributed by atoms with Crippen molar-refractivity contribution in [3.05, 3.63) is 35.5 Å². The molecule has 0 amide bonds. The lowest BCUT2D eigenvalue weighted by molar-refractivity contribution is 0.232. The van der Waals surface area contributed by atoms with Crippen molar-refractivity contribution in [2.75, 3.05) is 5.32 Å². The molecule has 2 heterocycles. The second kappa shape index (κ2) is 6.27. The van der Waals surface area contributed by atoms with Crippen LogP contribution in [0.25, 0.3) is 0 Å². The number of hydrogen-bond acceptors (Lipinski definition) is 6. The number of anilines is 1. The second-order valence-electron chi connectivity index (χ2n) is 4.84. The van der Waals surface area contributed by atoms with Gasteiger partial charge in [-0.1, -0.05) is 0 Å². The Hall–Kier alpha value is -2.24. The molecule has 0 bridgehead atoms. The van der Waals surface area contributed by atoms with Gasteiger partial charge in [0.1, 0.15) is 0 Å². The summed E-state index contributed by atoms with van der Waals surface area (Å²) in [5.74, 6) is 1.10. The quantitative estimate of drug-likeness (QED) is 0.901. The van der Waals surface area contributed by atoms with Gasteiger partial charge in [-0.3, -0.25) is 9.97 Å².